The van der Waals surface area contributed by atoms with Crippen molar-refractivity contribution in [1.29, 1.82) is 0 Å². The Bertz CT molecular complexity index is 1260. The number of aromatic nitrogens is 3. The van der Waals surface area contributed by atoms with E-state index < -0.39 is 6.04 Å². The lowest BCUT2D eigenvalue weighted by atomic mass is 9.93. The summed E-state index contributed by atoms with van der Waals surface area (Å²) in [6.07, 6.45) is 2.21. The van der Waals surface area contributed by atoms with E-state index >= 15 is 0 Å². The molecule has 0 amide bonds. The van der Waals surface area contributed by atoms with E-state index in [4.69, 9.17) is 0 Å². The van der Waals surface area contributed by atoms with Crippen molar-refractivity contribution in [2.24, 2.45) is 0 Å². The van der Waals surface area contributed by atoms with Gasteiger partial charge in [0.1, 0.15) is 11.9 Å². The van der Waals surface area contributed by atoms with Gasteiger partial charge in [0.05, 0.1) is 5.69 Å². The zero-order chi connectivity index (χ0) is 20.1. The van der Waals surface area contributed by atoms with Crippen molar-refractivity contribution in [2.75, 3.05) is 0 Å². The Morgan fingerprint density at radius 1 is 1.17 bits per heavy atom. The average molecular weight is 391 g/mol. The number of fused-ring (bicyclic) bond motifs is 4. The van der Waals surface area contributed by atoms with Gasteiger partial charge in [-0.25, -0.2) is 9.18 Å². The number of rotatable bonds is 4. The molecule has 0 radical (unpaired) electrons. The summed E-state index contributed by atoms with van der Waals surface area (Å²) in [6, 6.07) is 13.8. The van der Waals surface area contributed by atoms with Crippen molar-refractivity contribution < 1.29 is 9.50 Å². The molecule has 0 saturated heterocycles. The predicted molar refractivity (Wildman–Crippen MR) is 110 cm³/mol. The van der Waals surface area contributed by atoms with Crippen LogP contribution < -0.4 is 5.69 Å². The Morgan fingerprint density at radius 3 is 2.69 bits per heavy atom. The van der Waals surface area contributed by atoms with Gasteiger partial charge >= 0.3 is 5.69 Å². The number of hydrogen-bond donors (Lipinski definition) is 2. The number of para-hydroxylation sites is 1. The van der Waals surface area contributed by atoms with E-state index in [-0.39, 0.29) is 17.4 Å². The molecule has 0 saturated carbocycles. The highest BCUT2D eigenvalue weighted by atomic mass is 19.1. The molecule has 0 fully saturated rings. The molecule has 5 nitrogen and oxygen atoms in total. The van der Waals surface area contributed by atoms with Gasteiger partial charge in [0.25, 0.3) is 0 Å². The van der Waals surface area contributed by atoms with Crippen LogP contribution in [-0.2, 0) is 13.0 Å². The highest BCUT2D eigenvalue weighted by Gasteiger charge is 2.35. The molecule has 6 heteroatoms. The summed E-state index contributed by atoms with van der Waals surface area (Å²) in [5.41, 5.74) is 4.15. The van der Waals surface area contributed by atoms with E-state index in [1.807, 2.05) is 24.3 Å². The molecule has 1 atom stereocenters. The number of nitrogens with zero attached hydrogens (tertiary/aromatic N) is 2. The fourth-order valence-corrected chi connectivity index (χ4v) is 4.45. The average Bonchev–Trinajstić information content (AvgIpc) is 3.21. The maximum atomic E-state index is 13.6. The van der Waals surface area contributed by atoms with E-state index in [1.54, 1.807) is 16.7 Å². The van der Waals surface area contributed by atoms with Gasteiger partial charge in [-0.1, -0.05) is 43.7 Å². The molecular weight excluding hydrogens is 369 g/mol. The maximum Gasteiger partial charge on any atom is 0.332 e. The summed E-state index contributed by atoms with van der Waals surface area (Å²) in [4.78, 5) is 16.8. The van der Waals surface area contributed by atoms with Crippen LogP contribution in [0, 0.1) is 5.82 Å². The highest BCUT2D eigenvalue weighted by Crippen LogP contribution is 2.40. The second-order valence-electron chi connectivity index (χ2n) is 7.62. The lowest BCUT2D eigenvalue weighted by Gasteiger charge is -2.26. The standard InChI is InChI=1S/C23H22FN3O2/c1-2-3-12-26-22(28)19-13-17-16-6-4-5-7-18(16)25-20(17)21(27(19)23(26)29)14-8-10-15(24)11-9-14/h4-11,21,25,28H,2-3,12-13H2,1H3/t21-/m0/s1. The van der Waals surface area contributed by atoms with Gasteiger partial charge in [0, 0.05) is 29.6 Å². The second kappa shape index (κ2) is 6.65. The highest BCUT2D eigenvalue weighted by molar-refractivity contribution is 5.86. The van der Waals surface area contributed by atoms with Crippen LogP contribution in [0.25, 0.3) is 10.9 Å². The minimum absolute atomic E-state index is 0.0338. The van der Waals surface area contributed by atoms with Crippen molar-refractivity contribution in [3.05, 3.63) is 87.3 Å². The van der Waals surface area contributed by atoms with Crippen LogP contribution in [0.2, 0.25) is 0 Å². The first kappa shape index (κ1) is 17.8. The quantitative estimate of drug-likeness (QED) is 0.479. The molecule has 0 unspecified atom stereocenters. The fraction of sp³-hybridized carbons (Fsp3) is 0.261. The van der Waals surface area contributed by atoms with Gasteiger partial charge in [0.2, 0.25) is 5.88 Å². The number of imidazole rings is 1. The molecule has 2 aromatic heterocycles. The third-order valence-electron chi connectivity index (χ3n) is 5.89. The smallest absolute Gasteiger partial charge is 0.332 e. The lowest BCUT2D eigenvalue weighted by Crippen LogP contribution is -2.32. The van der Waals surface area contributed by atoms with E-state index in [0.29, 0.717) is 18.7 Å². The molecule has 1 aliphatic heterocycles. The molecule has 1 aliphatic rings. The molecule has 29 heavy (non-hydrogen) atoms. The SMILES string of the molecule is CCCCn1c(O)c2n(c1=O)[C@@H](c1ccc(F)cc1)c1[nH]c3ccccc3c1C2. The first-order valence-electron chi connectivity index (χ1n) is 9.98. The second-order valence-corrected chi connectivity index (χ2v) is 7.62. The number of benzene rings is 2. The van der Waals surface area contributed by atoms with Gasteiger partial charge in [-0.15, -0.1) is 0 Å². The van der Waals surface area contributed by atoms with E-state index in [1.165, 1.54) is 16.7 Å². The van der Waals surface area contributed by atoms with Gasteiger partial charge in [0.15, 0.2) is 0 Å². The van der Waals surface area contributed by atoms with Crippen LogP contribution in [0.1, 0.15) is 48.3 Å². The summed E-state index contributed by atoms with van der Waals surface area (Å²) >= 11 is 0. The van der Waals surface area contributed by atoms with Crippen molar-refractivity contribution in [3.8, 4) is 5.88 Å². The minimum atomic E-state index is -0.442. The Hall–Kier alpha value is -3.28. The number of H-pyrrole nitrogens is 1. The van der Waals surface area contributed by atoms with E-state index in [2.05, 4.69) is 11.9 Å². The van der Waals surface area contributed by atoms with Crippen LogP contribution in [0.15, 0.2) is 53.3 Å². The molecule has 3 heterocycles. The molecule has 4 aromatic rings. The largest absolute Gasteiger partial charge is 0.493 e. The first-order chi connectivity index (χ1) is 14.1. The Kier molecular flexibility index (Phi) is 4.08. The number of aromatic hydroxyl groups is 1. The number of nitrogens with one attached hydrogen (secondary N) is 1. The molecule has 2 aromatic carbocycles. The first-order valence-corrected chi connectivity index (χ1v) is 9.98. The van der Waals surface area contributed by atoms with Gasteiger partial charge < -0.3 is 10.1 Å². The van der Waals surface area contributed by atoms with Crippen molar-refractivity contribution in [1.82, 2.24) is 14.1 Å². The fourth-order valence-electron chi connectivity index (χ4n) is 4.45. The lowest BCUT2D eigenvalue weighted by molar-refractivity contribution is 0.404. The van der Waals surface area contributed by atoms with Crippen molar-refractivity contribution >= 4 is 10.9 Å². The molecule has 0 aliphatic carbocycles. The van der Waals surface area contributed by atoms with Gasteiger partial charge in [-0.3, -0.25) is 9.13 Å². The predicted octanol–water partition coefficient (Wildman–Crippen LogP) is 4.32. The molecule has 0 bridgehead atoms. The number of aromatic amines is 1. The summed E-state index contributed by atoms with van der Waals surface area (Å²) in [7, 11) is 0. The summed E-state index contributed by atoms with van der Waals surface area (Å²) in [5.74, 6) is -0.288. The van der Waals surface area contributed by atoms with Crippen LogP contribution in [-0.4, -0.2) is 19.2 Å². The van der Waals surface area contributed by atoms with E-state index in [9.17, 15) is 14.3 Å². The molecule has 2 N–H and O–H groups in total. The Balaban J connectivity index is 1.79. The third kappa shape index (κ3) is 2.63. The Morgan fingerprint density at radius 2 is 1.93 bits per heavy atom. The summed E-state index contributed by atoms with van der Waals surface area (Å²) in [5, 5.41) is 12.0. The van der Waals surface area contributed by atoms with Gasteiger partial charge in [-0.05, 0) is 35.7 Å². The molecule has 0 spiro atoms. The Labute approximate surface area is 167 Å². The normalized spacial score (nSPS) is 15.4. The minimum Gasteiger partial charge on any atom is -0.493 e. The van der Waals surface area contributed by atoms with Crippen LogP contribution in [0.4, 0.5) is 4.39 Å². The molecular formula is C23H22FN3O2. The van der Waals surface area contributed by atoms with Crippen molar-refractivity contribution in [2.45, 2.75) is 38.8 Å². The third-order valence-corrected chi connectivity index (χ3v) is 5.89. The summed E-state index contributed by atoms with van der Waals surface area (Å²) in [6.45, 7) is 2.53. The summed E-state index contributed by atoms with van der Waals surface area (Å²) < 4.78 is 16.7. The van der Waals surface area contributed by atoms with Crippen LogP contribution in [0.5, 0.6) is 5.88 Å². The van der Waals surface area contributed by atoms with Crippen LogP contribution in [0.3, 0.4) is 0 Å². The zero-order valence-corrected chi connectivity index (χ0v) is 16.2. The van der Waals surface area contributed by atoms with Gasteiger partial charge in [-0.2, -0.15) is 0 Å². The van der Waals surface area contributed by atoms with E-state index in [0.717, 1.165) is 40.6 Å². The number of unbranched alkanes of at least 4 members (excludes halogenated alkanes) is 1. The molecule has 148 valence electrons. The molecule has 5 rings (SSSR count). The monoisotopic (exact) mass is 391 g/mol. The number of halogens is 1. The maximum absolute atomic E-state index is 13.6. The van der Waals surface area contributed by atoms with Crippen LogP contribution >= 0.6 is 0 Å². The zero-order valence-electron chi connectivity index (χ0n) is 16.2. The van der Waals surface area contributed by atoms with Crippen molar-refractivity contribution in [3.63, 3.8) is 0 Å². The number of hydrogen-bond acceptors (Lipinski definition) is 2. The topological polar surface area (TPSA) is 62.9 Å².